The average molecular weight is 395 g/mol. The van der Waals surface area contributed by atoms with Gasteiger partial charge in [0.15, 0.2) is 11.5 Å². The number of fused-ring (bicyclic) bond motifs is 4. The van der Waals surface area contributed by atoms with Gasteiger partial charge in [-0.3, -0.25) is 4.79 Å². The lowest BCUT2D eigenvalue weighted by Crippen LogP contribution is -2.57. The Morgan fingerprint density at radius 1 is 1.24 bits per heavy atom. The Bertz CT molecular complexity index is 896. The van der Waals surface area contributed by atoms with E-state index in [1.807, 2.05) is 17.0 Å². The summed E-state index contributed by atoms with van der Waals surface area (Å²) in [6.07, 6.45) is 8.25. The molecule has 7 nitrogen and oxygen atoms in total. The van der Waals surface area contributed by atoms with Crippen LogP contribution in [0.3, 0.4) is 0 Å². The van der Waals surface area contributed by atoms with Crippen LogP contribution in [0, 0.1) is 5.92 Å². The maximum absolute atomic E-state index is 12.8. The van der Waals surface area contributed by atoms with E-state index in [1.54, 1.807) is 19.5 Å². The maximum Gasteiger partial charge on any atom is 0.256 e. The number of hydrogen-bond donors (Lipinski definition) is 0. The number of hydrogen-bond acceptors (Lipinski definition) is 6. The van der Waals surface area contributed by atoms with Crippen molar-refractivity contribution in [3.63, 3.8) is 0 Å². The lowest BCUT2D eigenvalue weighted by molar-refractivity contribution is -0.147. The van der Waals surface area contributed by atoms with Crippen molar-refractivity contribution in [1.29, 1.82) is 0 Å². The fraction of sp³-hybridized carbons (Fsp3) is 0.500. The lowest BCUT2D eigenvalue weighted by Gasteiger charge is -2.53. The molecular weight excluding hydrogens is 370 g/mol. The van der Waals surface area contributed by atoms with Crippen LogP contribution in [-0.4, -0.2) is 53.2 Å². The van der Waals surface area contributed by atoms with E-state index in [-0.39, 0.29) is 23.5 Å². The van der Waals surface area contributed by atoms with Crippen molar-refractivity contribution in [1.82, 2.24) is 14.9 Å². The van der Waals surface area contributed by atoms with E-state index >= 15 is 0 Å². The first-order valence-corrected chi connectivity index (χ1v) is 10.2. The molecule has 4 heterocycles. The molecule has 2 fully saturated rings. The first kappa shape index (κ1) is 18.4. The average Bonchev–Trinajstić information content (AvgIpc) is 2.80. The molecule has 29 heavy (non-hydrogen) atoms. The summed E-state index contributed by atoms with van der Waals surface area (Å²) in [5.41, 5.74) is 1.27. The van der Waals surface area contributed by atoms with Crippen molar-refractivity contribution in [3.05, 3.63) is 48.0 Å². The van der Waals surface area contributed by atoms with Crippen LogP contribution in [0.2, 0.25) is 0 Å². The fourth-order valence-corrected chi connectivity index (χ4v) is 5.09. The van der Waals surface area contributed by atoms with Gasteiger partial charge in [0.1, 0.15) is 11.9 Å². The smallest absolute Gasteiger partial charge is 0.256 e. The van der Waals surface area contributed by atoms with Gasteiger partial charge in [-0.05, 0) is 18.9 Å². The summed E-state index contributed by atoms with van der Waals surface area (Å²) >= 11 is 0. The Morgan fingerprint density at radius 3 is 2.79 bits per heavy atom. The Kier molecular flexibility index (Phi) is 4.62. The molecule has 7 heteroatoms. The SMILES string of the molecule is COc1cccc2c1OC1(CCN(C(=O)c3cncnc3)CC1)[C@H]1CCCO[C@H]21. The molecule has 0 unspecified atom stereocenters. The molecule has 3 aliphatic heterocycles. The van der Waals surface area contributed by atoms with E-state index < -0.39 is 0 Å². The van der Waals surface area contributed by atoms with Gasteiger partial charge in [-0.15, -0.1) is 0 Å². The van der Waals surface area contributed by atoms with Gasteiger partial charge >= 0.3 is 0 Å². The van der Waals surface area contributed by atoms with Gasteiger partial charge < -0.3 is 19.1 Å². The number of likely N-dealkylation sites (tertiary alicyclic amines) is 1. The quantitative estimate of drug-likeness (QED) is 0.778. The molecule has 0 bridgehead atoms. The number of aromatic nitrogens is 2. The maximum atomic E-state index is 12.8. The van der Waals surface area contributed by atoms with Gasteiger partial charge in [-0.2, -0.15) is 0 Å². The predicted molar refractivity (Wildman–Crippen MR) is 105 cm³/mol. The minimum atomic E-state index is -0.337. The van der Waals surface area contributed by atoms with Gasteiger partial charge in [0, 0.05) is 56.4 Å². The van der Waals surface area contributed by atoms with Crippen molar-refractivity contribution in [2.45, 2.75) is 37.4 Å². The molecule has 0 radical (unpaired) electrons. The Hall–Kier alpha value is -2.67. The summed E-state index contributed by atoms with van der Waals surface area (Å²) in [5, 5.41) is 0. The fourth-order valence-electron chi connectivity index (χ4n) is 5.09. The molecule has 1 amide bonds. The number of carbonyl (C=O) groups excluding carboxylic acids is 1. The summed E-state index contributed by atoms with van der Waals surface area (Å²) in [4.78, 5) is 22.6. The van der Waals surface area contributed by atoms with E-state index in [0.717, 1.165) is 49.4 Å². The van der Waals surface area contributed by atoms with E-state index in [4.69, 9.17) is 14.2 Å². The molecule has 0 aliphatic carbocycles. The highest BCUT2D eigenvalue weighted by Crippen LogP contribution is 2.55. The van der Waals surface area contributed by atoms with Gasteiger partial charge in [0.05, 0.1) is 18.8 Å². The van der Waals surface area contributed by atoms with Crippen molar-refractivity contribution in [2.75, 3.05) is 26.8 Å². The summed E-state index contributed by atoms with van der Waals surface area (Å²) in [5.74, 6) is 1.81. The second-order valence-electron chi connectivity index (χ2n) is 8.00. The summed E-state index contributed by atoms with van der Waals surface area (Å²) in [7, 11) is 1.67. The normalized spacial score (nSPS) is 24.9. The van der Waals surface area contributed by atoms with Crippen LogP contribution in [0.15, 0.2) is 36.9 Å². The third-order valence-electron chi connectivity index (χ3n) is 6.54. The second kappa shape index (κ2) is 7.30. The molecule has 0 saturated carbocycles. The highest BCUT2D eigenvalue weighted by molar-refractivity contribution is 5.93. The largest absolute Gasteiger partial charge is 0.493 e. The standard InChI is InChI=1S/C22H25N3O4/c1-27-18-6-2-4-16-19-17(5-3-11-28-19)22(29-20(16)18)7-9-25(10-8-22)21(26)15-12-23-14-24-13-15/h2,4,6,12-14,17,19H,3,5,7-11H2,1H3/t17-,19+/m0/s1. The number of benzene rings is 1. The van der Waals surface area contributed by atoms with Crippen LogP contribution >= 0.6 is 0 Å². The van der Waals surface area contributed by atoms with Crippen LogP contribution in [0.1, 0.15) is 47.7 Å². The molecule has 1 aromatic carbocycles. The zero-order chi connectivity index (χ0) is 19.8. The minimum absolute atomic E-state index is 0.0207. The lowest BCUT2D eigenvalue weighted by atomic mass is 9.70. The third kappa shape index (κ3) is 3.04. The topological polar surface area (TPSA) is 73.8 Å². The Balaban J connectivity index is 1.42. The molecular formula is C22H25N3O4. The zero-order valence-electron chi connectivity index (χ0n) is 16.5. The molecule has 0 N–H and O–H groups in total. The van der Waals surface area contributed by atoms with Crippen LogP contribution in [-0.2, 0) is 4.74 Å². The van der Waals surface area contributed by atoms with E-state index in [1.165, 1.54) is 6.33 Å². The van der Waals surface area contributed by atoms with Gasteiger partial charge in [0.25, 0.3) is 5.91 Å². The number of ether oxygens (including phenoxy) is 3. The molecule has 152 valence electrons. The monoisotopic (exact) mass is 395 g/mol. The molecule has 5 rings (SSSR count). The van der Waals surface area contributed by atoms with Crippen LogP contribution in [0.25, 0.3) is 0 Å². The number of rotatable bonds is 2. The highest BCUT2D eigenvalue weighted by Gasteiger charge is 2.53. The zero-order valence-corrected chi connectivity index (χ0v) is 16.5. The highest BCUT2D eigenvalue weighted by atomic mass is 16.5. The van der Waals surface area contributed by atoms with Crippen molar-refractivity contribution >= 4 is 5.91 Å². The van der Waals surface area contributed by atoms with Gasteiger partial charge in [-0.25, -0.2) is 9.97 Å². The third-order valence-corrected chi connectivity index (χ3v) is 6.54. The number of carbonyl (C=O) groups is 1. The number of piperidine rings is 1. The first-order valence-electron chi connectivity index (χ1n) is 10.2. The number of para-hydroxylation sites is 1. The second-order valence-corrected chi connectivity index (χ2v) is 8.00. The van der Waals surface area contributed by atoms with E-state index in [0.29, 0.717) is 18.7 Å². The van der Waals surface area contributed by atoms with Crippen molar-refractivity contribution < 1.29 is 19.0 Å². The van der Waals surface area contributed by atoms with Crippen LogP contribution in [0.5, 0.6) is 11.5 Å². The predicted octanol–water partition coefficient (Wildman–Crippen LogP) is 3.02. The number of methoxy groups -OCH3 is 1. The number of nitrogens with zero attached hydrogens (tertiary/aromatic N) is 3. The molecule has 2 saturated heterocycles. The molecule has 1 aromatic heterocycles. The van der Waals surface area contributed by atoms with E-state index in [9.17, 15) is 4.79 Å². The van der Waals surface area contributed by atoms with Crippen LogP contribution < -0.4 is 9.47 Å². The molecule has 1 spiro atoms. The molecule has 2 aromatic rings. The van der Waals surface area contributed by atoms with Crippen molar-refractivity contribution in [2.24, 2.45) is 5.92 Å². The van der Waals surface area contributed by atoms with Crippen LogP contribution in [0.4, 0.5) is 0 Å². The minimum Gasteiger partial charge on any atom is -0.493 e. The number of amides is 1. The Morgan fingerprint density at radius 2 is 2.03 bits per heavy atom. The summed E-state index contributed by atoms with van der Waals surface area (Å²) in [6, 6.07) is 6.02. The van der Waals surface area contributed by atoms with Gasteiger partial charge in [0.2, 0.25) is 0 Å². The molecule has 2 atom stereocenters. The van der Waals surface area contributed by atoms with Crippen molar-refractivity contribution in [3.8, 4) is 11.5 Å². The first-order chi connectivity index (χ1) is 14.2. The summed E-state index contributed by atoms with van der Waals surface area (Å²) < 4.78 is 18.5. The van der Waals surface area contributed by atoms with Gasteiger partial charge in [-0.1, -0.05) is 12.1 Å². The van der Waals surface area contributed by atoms with E-state index in [2.05, 4.69) is 16.0 Å². The molecule has 3 aliphatic rings. The Labute approximate surface area is 170 Å². The summed E-state index contributed by atoms with van der Waals surface area (Å²) in [6.45, 7) is 2.05.